The van der Waals surface area contributed by atoms with E-state index in [1.807, 2.05) is 0 Å². The number of fused-ring (bicyclic) bond motifs is 1. The van der Waals surface area contributed by atoms with Crippen LogP contribution in [0, 0.1) is 0 Å². The monoisotopic (exact) mass is 536 g/mol. The lowest BCUT2D eigenvalue weighted by Gasteiger charge is -2.24. The summed E-state index contributed by atoms with van der Waals surface area (Å²) in [5, 5.41) is 6.45. The molecule has 1 fully saturated rings. The van der Waals surface area contributed by atoms with E-state index in [9.17, 15) is 18.8 Å². The van der Waals surface area contributed by atoms with E-state index in [2.05, 4.69) is 30.6 Å². The molecule has 5 rings (SSSR count). The number of carbonyl (C=O) groups is 3. The molecule has 0 unspecified atom stereocenters. The Bertz CT molecular complexity index is 1530. The number of hydrogen-bond donors (Lipinski definition) is 2. The van der Waals surface area contributed by atoms with Gasteiger partial charge in [0.05, 0.1) is 37.0 Å². The second-order valence-electron chi connectivity index (χ2n) is 8.82. The highest BCUT2D eigenvalue weighted by atomic mass is 35.5. The number of amides is 2. The highest BCUT2D eigenvalue weighted by Crippen LogP contribution is 2.28. The van der Waals surface area contributed by atoms with Crippen LogP contribution in [0.15, 0.2) is 55.5 Å². The second-order valence-corrected chi connectivity index (χ2v) is 9.21. The van der Waals surface area contributed by atoms with Gasteiger partial charge in [-0.1, -0.05) is 11.6 Å². The van der Waals surface area contributed by atoms with Crippen molar-refractivity contribution in [3.05, 3.63) is 66.2 Å². The Morgan fingerprint density at radius 2 is 1.89 bits per heavy atom. The molecule has 3 aromatic heterocycles. The molecule has 0 bridgehead atoms. The summed E-state index contributed by atoms with van der Waals surface area (Å²) in [6, 6.07) is 4.35. The fourth-order valence-corrected chi connectivity index (χ4v) is 4.62. The summed E-state index contributed by atoms with van der Waals surface area (Å²) in [5.74, 6) is -1.12. The van der Waals surface area contributed by atoms with Crippen LogP contribution < -0.4 is 10.6 Å². The van der Waals surface area contributed by atoms with Crippen molar-refractivity contribution in [2.24, 2.45) is 0 Å². The van der Waals surface area contributed by atoms with Crippen LogP contribution in [-0.4, -0.2) is 65.8 Å². The van der Waals surface area contributed by atoms with Gasteiger partial charge in [-0.15, -0.1) is 0 Å². The van der Waals surface area contributed by atoms with Gasteiger partial charge in [0.2, 0.25) is 11.8 Å². The second kappa shape index (κ2) is 10.5. The highest BCUT2D eigenvalue weighted by molar-refractivity contribution is 6.29. The Morgan fingerprint density at radius 3 is 2.63 bits per heavy atom. The summed E-state index contributed by atoms with van der Waals surface area (Å²) < 4.78 is 16.0. The van der Waals surface area contributed by atoms with Crippen molar-refractivity contribution in [3.8, 4) is 0 Å². The summed E-state index contributed by atoms with van der Waals surface area (Å²) in [4.78, 5) is 55.6. The van der Waals surface area contributed by atoms with Gasteiger partial charge >= 0.3 is 0 Å². The first-order valence-electron chi connectivity index (χ1n) is 11.7. The van der Waals surface area contributed by atoms with Crippen molar-refractivity contribution < 1.29 is 18.8 Å². The van der Waals surface area contributed by atoms with Crippen molar-refractivity contribution in [1.29, 1.82) is 0 Å². The molecule has 2 amide bonds. The van der Waals surface area contributed by atoms with Gasteiger partial charge in [-0.25, -0.2) is 19.3 Å². The van der Waals surface area contributed by atoms with Gasteiger partial charge in [0.25, 0.3) is 0 Å². The summed E-state index contributed by atoms with van der Waals surface area (Å²) in [6.07, 6.45) is 7.37. The van der Waals surface area contributed by atoms with Crippen molar-refractivity contribution >= 4 is 57.3 Å². The normalized spacial score (nSPS) is 17.0. The summed E-state index contributed by atoms with van der Waals surface area (Å²) in [6.45, 7) is 1.04. The molecule has 0 saturated carbocycles. The Morgan fingerprint density at radius 1 is 1.11 bits per heavy atom. The first-order chi connectivity index (χ1) is 18.3. The number of likely N-dealkylation sites (tertiary alicyclic amines) is 1. The fraction of sp³-hybridized carbons (Fsp3) is 0.240. The first-order valence-corrected chi connectivity index (χ1v) is 12.0. The largest absolute Gasteiger partial charge is 0.353 e. The molecule has 0 spiro atoms. The lowest BCUT2D eigenvalue weighted by molar-refractivity contribution is -0.137. The quantitative estimate of drug-likeness (QED) is 0.343. The molecular weight excluding hydrogens is 515 g/mol. The molecule has 4 heterocycles. The number of rotatable bonds is 7. The molecule has 4 aromatic rings. The van der Waals surface area contributed by atoms with Crippen molar-refractivity contribution in [2.45, 2.75) is 32.1 Å². The van der Waals surface area contributed by atoms with Crippen LogP contribution in [0.5, 0.6) is 0 Å². The molecule has 1 aliphatic heterocycles. The van der Waals surface area contributed by atoms with E-state index in [4.69, 9.17) is 11.6 Å². The van der Waals surface area contributed by atoms with Gasteiger partial charge in [0.15, 0.2) is 11.6 Å². The number of nitrogens with zero attached hydrogens (tertiary/aromatic N) is 6. The van der Waals surface area contributed by atoms with Crippen molar-refractivity contribution in [2.75, 3.05) is 17.2 Å². The number of anilines is 3. The fourth-order valence-electron chi connectivity index (χ4n) is 4.47. The summed E-state index contributed by atoms with van der Waals surface area (Å²) in [7, 11) is 0. The van der Waals surface area contributed by atoms with Gasteiger partial charge < -0.3 is 20.1 Å². The first kappa shape index (κ1) is 25.2. The van der Waals surface area contributed by atoms with E-state index in [0.717, 1.165) is 0 Å². The number of ketones is 1. The summed E-state index contributed by atoms with van der Waals surface area (Å²) in [5.41, 5.74) is 2.46. The molecule has 1 saturated heterocycles. The van der Waals surface area contributed by atoms with Gasteiger partial charge in [0, 0.05) is 34.8 Å². The maximum Gasteiger partial charge on any atom is 0.248 e. The number of benzene rings is 1. The number of halogens is 2. The molecule has 38 heavy (non-hydrogen) atoms. The van der Waals surface area contributed by atoms with Crippen LogP contribution in [0.1, 0.15) is 23.7 Å². The van der Waals surface area contributed by atoms with Crippen molar-refractivity contribution in [3.63, 3.8) is 0 Å². The standard InChI is InChI=1S/C25H22ClFN8O3/c1-14(36)19-11-34(20-3-2-16(5-18(19)20)31-17-6-29-13-30-7-17)12-24(37)35-10-15(27)4-21(35)25(38)33-23-9-28-8-22(26)32-23/h2-3,5-9,11,13,15,21,31H,4,10,12H2,1H3,(H,32,33,38)/t15-,21+/m1/s1. The van der Waals surface area contributed by atoms with Crippen LogP contribution >= 0.6 is 11.6 Å². The average Bonchev–Trinajstić information content (AvgIpc) is 3.45. The van der Waals surface area contributed by atoms with E-state index < -0.39 is 24.0 Å². The Hall–Kier alpha value is -4.45. The smallest absolute Gasteiger partial charge is 0.248 e. The van der Waals surface area contributed by atoms with Crippen LogP contribution in [0.3, 0.4) is 0 Å². The molecule has 2 atom stereocenters. The predicted molar refractivity (Wildman–Crippen MR) is 138 cm³/mol. The Labute approximate surface area is 221 Å². The molecular formula is C25H22ClFN8O3. The molecule has 2 N–H and O–H groups in total. The maximum absolute atomic E-state index is 14.4. The zero-order valence-corrected chi connectivity index (χ0v) is 20.9. The minimum atomic E-state index is -1.36. The van der Waals surface area contributed by atoms with Gasteiger partial charge in [0.1, 0.15) is 30.2 Å². The third-order valence-electron chi connectivity index (χ3n) is 6.14. The third-order valence-corrected chi connectivity index (χ3v) is 6.33. The number of nitrogens with one attached hydrogen (secondary N) is 2. The molecule has 0 radical (unpaired) electrons. The zero-order chi connectivity index (χ0) is 26.8. The van der Waals surface area contributed by atoms with Gasteiger partial charge in [-0.05, 0) is 25.1 Å². The van der Waals surface area contributed by atoms with E-state index in [0.29, 0.717) is 27.8 Å². The number of aromatic nitrogens is 5. The minimum Gasteiger partial charge on any atom is -0.353 e. The van der Waals surface area contributed by atoms with Crippen LogP contribution in [0.25, 0.3) is 10.9 Å². The lowest BCUT2D eigenvalue weighted by atomic mass is 10.1. The highest BCUT2D eigenvalue weighted by Gasteiger charge is 2.40. The van der Waals surface area contributed by atoms with E-state index in [1.165, 1.54) is 30.5 Å². The van der Waals surface area contributed by atoms with Gasteiger partial charge in [-0.3, -0.25) is 19.4 Å². The Balaban J connectivity index is 1.38. The molecule has 194 valence electrons. The van der Waals surface area contributed by atoms with Crippen LogP contribution in [-0.2, 0) is 16.1 Å². The lowest BCUT2D eigenvalue weighted by Crippen LogP contribution is -2.44. The number of Topliss-reactive ketones (excluding diaryl/α,β-unsaturated/α-hetero) is 1. The zero-order valence-electron chi connectivity index (χ0n) is 20.1. The summed E-state index contributed by atoms with van der Waals surface area (Å²) >= 11 is 5.82. The SMILES string of the molecule is CC(=O)c1cn(CC(=O)N2C[C@H](F)C[C@H]2C(=O)Nc2cncc(Cl)n2)c2ccc(Nc3cncnc3)cc12. The maximum atomic E-state index is 14.4. The van der Waals surface area contributed by atoms with Crippen LogP contribution in [0.4, 0.5) is 21.6 Å². The average molecular weight is 537 g/mol. The number of hydrogen-bond acceptors (Lipinski definition) is 8. The van der Waals surface area contributed by atoms with E-state index >= 15 is 0 Å². The Kier molecular flexibility index (Phi) is 6.97. The molecule has 11 nitrogen and oxygen atoms in total. The van der Waals surface area contributed by atoms with E-state index in [1.54, 1.807) is 41.4 Å². The van der Waals surface area contributed by atoms with Crippen molar-refractivity contribution in [1.82, 2.24) is 29.4 Å². The number of alkyl halides is 1. The predicted octanol–water partition coefficient (Wildman–Crippen LogP) is 3.40. The molecule has 13 heteroatoms. The topological polar surface area (TPSA) is 135 Å². The number of carbonyl (C=O) groups excluding carboxylic acids is 3. The van der Waals surface area contributed by atoms with Gasteiger partial charge in [-0.2, -0.15) is 0 Å². The molecule has 0 aliphatic carbocycles. The van der Waals surface area contributed by atoms with Crippen LogP contribution in [0.2, 0.25) is 5.15 Å². The third kappa shape index (κ3) is 5.30. The molecule has 1 aliphatic rings. The molecule has 1 aromatic carbocycles. The van der Waals surface area contributed by atoms with E-state index in [-0.39, 0.29) is 36.3 Å². The minimum absolute atomic E-state index is 0.0849.